The first-order chi connectivity index (χ1) is 12.3. The number of benzene rings is 1. The molecule has 2 aromatic heterocycles. The third-order valence-electron chi connectivity index (χ3n) is 3.32. The van der Waals surface area contributed by atoms with Gasteiger partial charge in [0.1, 0.15) is 0 Å². The normalized spacial score (nSPS) is 14.0. The number of carbonyl (C=O) groups is 1. The van der Waals surface area contributed by atoms with Crippen molar-refractivity contribution in [1.29, 1.82) is 0 Å². The number of rotatable bonds is 5. The highest BCUT2D eigenvalue weighted by molar-refractivity contribution is 5.76. The van der Waals surface area contributed by atoms with Crippen LogP contribution in [0.1, 0.15) is 11.6 Å². The van der Waals surface area contributed by atoms with Crippen LogP contribution in [-0.2, 0) is 21.7 Å². The van der Waals surface area contributed by atoms with Gasteiger partial charge in [0.05, 0.1) is 18.4 Å². The van der Waals surface area contributed by atoms with E-state index in [2.05, 4.69) is 24.8 Å². The van der Waals surface area contributed by atoms with Crippen LogP contribution in [-0.4, -0.2) is 32.3 Å². The molecule has 3 aromatic rings. The summed E-state index contributed by atoms with van der Waals surface area (Å²) in [5.74, 6) is -2.88. The topological polar surface area (TPSA) is 120 Å². The van der Waals surface area contributed by atoms with E-state index in [1.807, 2.05) is 0 Å². The van der Waals surface area contributed by atoms with E-state index >= 15 is 0 Å². The minimum Gasteiger partial charge on any atom is -0.427 e. The van der Waals surface area contributed by atoms with Crippen LogP contribution >= 0.6 is 0 Å². The van der Waals surface area contributed by atoms with E-state index in [1.54, 1.807) is 30.3 Å². The van der Waals surface area contributed by atoms with Crippen LogP contribution in [0.15, 0.2) is 47.4 Å². The van der Waals surface area contributed by atoms with E-state index in [1.165, 1.54) is 12.5 Å². The van der Waals surface area contributed by atoms with Gasteiger partial charge in [0.25, 0.3) is 5.89 Å². The number of esters is 1. The second-order valence-electron chi connectivity index (χ2n) is 5.30. The molecule has 0 spiro atoms. The first kappa shape index (κ1) is 17.6. The van der Waals surface area contributed by atoms with E-state index in [0.29, 0.717) is 5.56 Å². The molecule has 0 amide bonds. The monoisotopic (exact) mass is 367 g/mol. The van der Waals surface area contributed by atoms with Crippen LogP contribution < -0.4 is 5.73 Å². The van der Waals surface area contributed by atoms with Gasteiger partial charge in [-0.1, -0.05) is 35.5 Å². The number of H-pyrrole nitrogens is 1. The number of nitrogens with one attached hydrogen (secondary N) is 1. The molecule has 26 heavy (non-hydrogen) atoms. The fourth-order valence-electron chi connectivity index (χ4n) is 2.14. The average molecular weight is 367 g/mol. The number of alkyl halides is 3. The number of halogens is 3. The lowest BCUT2D eigenvalue weighted by Crippen LogP contribution is -2.47. The Bertz CT molecular complexity index is 880. The minimum atomic E-state index is -5.24. The third-order valence-corrected chi connectivity index (χ3v) is 3.32. The molecule has 3 N–H and O–H groups in total. The zero-order valence-electron chi connectivity index (χ0n) is 13.0. The summed E-state index contributed by atoms with van der Waals surface area (Å²) in [4.78, 5) is 21.8. The molecule has 2 heterocycles. The first-order valence-electron chi connectivity index (χ1n) is 7.24. The molecule has 0 unspecified atom stereocenters. The SMILES string of the molecule is N[C@@](Cc1c[nH]cn1)(OC(=O)C(F)(F)F)c1nc(-c2ccccc2)no1. The zero-order chi connectivity index (χ0) is 18.8. The molecule has 3 rings (SSSR count). The molecule has 0 bridgehead atoms. The van der Waals surface area contributed by atoms with Gasteiger partial charge in [0, 0.05) is 11.8 Å². The zero-order valence-corrected chi connectivity index (χ0v) is 13.0. The van der Waals surface area contributed by atoms with Crippen molar-refractivity contribution in [2.75, 3.05) is 0 Å². The van der Waals surface area contributed by atoms with Crippen LogP contribution in [0.2, 0.25) is 0 Å². The Kier molecular flexibility index (Phi) is 4.47. The second-order valence-corrected chi connectivity index (χ2v) is 5.30. The highest BCUT2D eigenvalue weighted by Gasteiger charge is 2.48. The van der Waals surface area contributed by atoms with Gasteiger partial charge in [0.2, 0.25) is 11.5 Å². The molecule has 0 saturated carbocycles. The number of aromatic amines is 1. The van der Waals surface area contributed by atoms with Crippen molar-refractivity contribution in [2.45, 2.75) is 18.3 Å². The number of nitrogens with two attached hydrogens (primary N) is 1. The van der Waals surface area contributed by atoms with Gasteiger partial charge in [0.15, 0.2) is 0 Å². The van der Waals surface area contributed by atoms with Crippen LogP contribution in [0.3, 0.4) is 0 Å². The van der Waals surface area contributed by atoms with Crippen molar-refractivity contribution in [1.82, 2.24) is 20.1 Å². The Labute approximate surface area is 144 Å². The molecule has 136 valence electrons. The summed E-state index contributed by atoms with van der Waals surface area (Å²) in [5, 5.41) is 3.68. The maximum atomic E-state index is 12.6. The van der Waals surface area contributed by atoms with Crippen molar-refractivity contribution in [2.24, 2.45) is 5.73 Å². The Morgan fingerprint density at radius 2 is 2.00 bits per heavy atom. The first-order valence-corrected chi connectivity index (χ1v) is 7.24. The van der Waals surface area contributed by atoms with Gasteiger partial charge in [-0.25, -0.2) is 9.78 Å². The maximum absolute atomic E-state index is 12.6. The molecule has 0 aliphatic carbocycles. The standard InChI is InChI=1S/C15H12F3N5O3/c16-15(17,18)13(24)25-14(19,6-10-7-20-8-21-10)12-22-11(23-26-12)9-4-2-1-3-5-9/h1-5,7-8H,6,19H2,(H,20,21)/t14-/m0/s1. The molecule has 0 fully saturated rings. The van der Waals surface area contributed by atoms with E-state index in [-0.39, 0.29) is 11.5 Å². The Morgan fingerprint density at radius 1 is 1.27 bits per heavy atom. The smallest absolute Gasteiger partial charge is 0.427 e. The van der Waals surface area contributed by atoms with Crippen molar-refractivity contribution >= 4 is 5.97 Å². The highest BCUT2D eigenvalue weighted by Crippen LogP contribution is 2.29. The molecular formula is C15H12F3N5O3. The second kappa shape index (κ2) is 6.59. The summed E-state index contributed by atoms with van der Waals surface area (Å²) in [6.45, 7) is 0. The lowest BCUT2D eigenvalue weighted by atomic mass is 10.1. The average Bonchev–Trinajstić information content (AvgIpc) is 3.26. The number of aromatic nitrogens is 4. The number of imidazole rings is 1. The summed E-state index contributed by atoms with van der Waals surface area (Å²) in [5.41, 5.74) is 4.35. The highest BCUT2D eigenvalue weighted by atomic mass is 19.4. The fraction of sp³-hybridized carbons (Fsp3) is 0.200. The van der Waals surface area contributed by atoms with Gasteiger partial charge in [-0.05, 0) is 0 Å². The minimum absolute atomic E-state index is 0.0838. The molecule has 1 atom stereocenters. The maximum Gasteiger partial charge on any atom is 0.491 e. The van der Waals surface area contributed by atoms with Crippen molar-refractivity contribution in [3.8, 4) is 11.4 Å². The van der Waals surface area contributed by atoms with Gasteiger partial charge in [-0.3, -0.25) is 5.73 Å². The van der Waals surface area contributed by atoms with Crippen LogP contribution in [0.5, 0.6) is 0 Å². The summed E-state index contributed by atoms with van der Waals surface area (Å²) < 4.78 is 47.3. The molecule has 8 nitrogen and oxygen atoms in total. The van der Waals surface area contributed by atoms with Gasteiger partial charge >= 0.3 is 12.1 Å². The molecule has 0 radical (unpaired) electrons. The number of carbonyl (C=O) groups excluding carboxylic acids is 1. The largest absolute Gasteiger partial charge is 0.491 e. The number of nitrogens with zero attached hydrogens (tertiary/aromatic N) is 3. The third kappa shape index (κ3) is 3.72. The van der Waals surface area contributed by atoms with Gasteiger partial charge < -0.3 is 14.2 Å². The molecule has 11 heteroatoms. The molecule has 0 aliphatic heterocycles. The lowest BCUT2D eigenvalue weighted by molar-refractivity contribution is -0.217. The van der Waals surface area contributed by atoms with Gasteiger partial charge in [-0.15, -0.1) is 0 Å². The fourth-order valence-corrected chi connectivity index (χ4v) is 2.14. The van der Waals surface area contributed by atoms with E-state index < -0.39 is 30.2 Å². The number of ether oxygens (including phenoxy) is 1. The van der Waals surface area contributed by atoms with E-state index in [9.17, 15) is 18.0 Å². The Balaban J connectivity index is 1.95. The van der Waals surface area contributed by atoms with E-state index in [4.69, 9.17) is 10.3 Å². The predicted molar refractivity (Wildman–Crippen MR) is 80.0 cm³/mol. The quantitative estimate of drug-likeness (QED) is 0.522. The summed E-state index contributed by atoms with van der Waals surface area (Å²) in [6.07, 6.45) is -2.96. The predicted octanol–water partition coefficient (Wildman–Crippen LogP) is 1.92. The van der Waals surface area contributed by atoms with Crippen molar-refractivity contribution in [3.05, 3.63) is 54.4 Å². The summed E-state index contributed by atoms with van der Waals surface area (Å²) in [6, 6.07) is 8.54. The van der Waals surface area contributed by atoms with Crippen molar-refractivity contribution < 1.29 is 27.2 Å². The number of hydrogen-bond donors (Lipinski definition) is 2. The summed E-state index contributed by atoms with van der Waals surface area (Å²) >= 11 is 0. The molecular weight excluding hydrogens is 355 g/mol. The van der Waals surface area contributed by atoms with Gasteiger partial charge in [-0.2, -0.15) is 18.2 Å². The Hall–Kier alpha value is -3.21. The van der Waals surface area contributed by atoms with Crippen LogP contribution in [0, 0.1) is 0 Å². The van der Waals surface area contributed by atoms with Crippen LogP contribution in [0.25, 0.3) is 11.4 Å². The van der Waals surface area contributed by atoms with Crippen molar-refractivity contribution in [3.63, 3.8) is 0 Å². The number of hydrogen-bond acceptors (Lipinski definition) is 7. The Morgan fingerprint density at radius 3 is 2.62 bits per heavy atom. The lowest BCUT2D eigenvalue weighted by Gasteiger charge is -2.25. The van der Waals surface area contributed by atoms with E-state index in [0.717, 1.165) is 0 Å². The molecule has 0 aliphatic rings. The molecule has 0 saturated heterocycles. The molecule has 1 aromatic carbocycles. The summed E-state index contributed by atoms with van der Waals surface area (Å²) in [7, 11) is 0. The van der Waals surface area contributed by atoms with Crippen LogP contribution in [0.4, 0.5) is 13.2 Å².